The van der Waals surface area contributed by atoms with Gasteiger partial charge in [0.05, 0.1) is 32.0 Å². The van der Waals surface area contributed by atoms with Gasteiger partial charge in [-0.3, -0.25) is 4.79 Å². The second-order valence-electron chi connectivity index (χ2n) is 7.57. The molecular weight excluding hydrogens is 442 g/mol. The van der Waals surface area contributed by atoms with E-state index in [2.05, 4.69) is 15.3 Å². The number of pyridine rings is 1. The zero-order valence-electron chi connectivity index (χ0n) is 18.2. The van der Waals surface area contributed by atoms with Crippen molar-refractivity contribution in [1.82, 2.24) is 24.4 Å². The maximum Gasteiger partial charge on any atom is 0.280 e. The van der Waals surface area contributed by atoms with E-state index in [0.717, 1.165) is 22.4 Å². The molecule has 2 aromatic carbocycles. The van der Waals surface area contributed by atoms with Gasteiger partial charge in [-0.1, -0.05) is 29.8 Å². The fourth-order valence-electron chi connectivity index (χ4n) is 3.95. The average Bonchev–Trinajstić information content (AvgIpc) is 3.17. The molecule has 0 aliphatic carbocycles. The summed E-state index contributed by atoms with van der Waals surface area (Å²) in [5.41, 5.74) is 4.64. The number of rotatable bonds is 5. The topological polar surface area (TPSA) is 83.5 Å². The molecule has 0 bridgehead atoms. The number of nitrogens with zero attached hydrogens (tertiary/aromatic N) is 5. The third-order valence-electron chi connectivity index (χ3n) is 5.56. The SMILES string of the molecule is COc1ccc(Cn2ccc3c(nnc4c(-c5ccc(Cl)cc5)c(C)nn43)c2=O)cc1OC. The van der Waals surface area contributed by atoms with Gasteiger partial charge in [0.15, 0.2) is 22.7 Å². The molecule has 8 nitrogen and oxygen atoms in total. The van der Waals surface area contributed by atoms with Crippen LogP contribution in [-0.4, -0.2) is 38.6 Å². The molecule has 0 amide bonds. The van der Waals surface area contributed by atoms with Crippen LogP contribution < -0.4 is 15.0 Å². The molecule has 0 N–H and O–H groups in total. The molecule has 0 saturated carbocycles. The minimum absolute atomic E-state index is 0.246. The summed E-state index contributed by atoms with van der Waals surface area (Å²) in [4.78, 5) is 13.2. The van der Waals surface area contributed by atoms with Gasteiger partial charge in [0, 0.05) is 11.2 Å². The van der Waals surface area contributed by atoms with Gasteiger partial charge in [-0.15, -0.1) is 10.2 Å². The van der Waals surface area contributed by atoms with Crippen molar-refractivity contribution in [3.63, 3.8) is 0 Å². The standard InChI is InChI=1S/C24H20ClN5O3/c1-14-21(16-5-7-17(25)8-6-16)23-27-26-22-18(30(23)28-14)10-11-29(24(22)31)13-15-4-9-19(32-2)20(12-15)33-3/h4-12H,13H2,1-3H3. The van der Waals surface area contributed by atoms with E-state index in [1.807, 2.05) is 55.5 Å². The van der Waals surface area contributed by atoms with E-state index in [1.54, 1.807) is 29.5 Å². The minimum Gasteiger partial charge on any atom is -0.493 e. The molecule has 0 unspecified atom stereocenters. The molecule has 5 rings (SSSR count). The van der Waals surface area contributed by atoms with Gasteiger partial charge in [-0.25, -0.2) is 4.52 Å². The number of fused-ring (bicyclic) bond motifs is 3. The third kappa shape index (κ3) is 3.58. The Labute approximate surface area is 194 Å². The lowest BCUT2D eigenvalue weighted by Crippen LogP contribution is -2.22. The molecule has 3 aromatic heterocycles. The second-order valence-corrected chi connectivity index (χ2v) is 8.01. The minimum atomic E-state index is -0.252. The van der Waals surface area contributed by atoms with Crippen molar-refractivity contribution in [3.05, 3.63) is 81.4 Å². The van der Waals surface area contributed by atoms with Gasteiger partial charge in [-0.2, -0.15) is 5.10 Å². The molecule has 5 aromatic rings. The Balaban J connectivity index is 1.60. The Morgan fingerprint density at radius 3 is 2.45 bits per heavy atom. The van der Waals surface area contributed by atoms with Crippen molar-refractivity contribution < 1.29 is 9.47 Å². The van der Waals surface area contributed by atoms with E-state index >= 15 is 0 Å². The number of aromatic nitrogens is 5. The maximum atomic E-state index is 13.2. The molecular formula is C24H20ClN5O3. The van der Waals surface area contributed by atoms with Crippen molar-refractivity contribution in [2.45, 2.75) is 13.5 Å². The van der Waals surface area contributed by atoms with Crippen LogP contribution in [0.4, 0.5) is 0 Å². The number of ether oxygens (including phenoxy) is 2. The Bertz CT molecular complexity index is 1560. The summed E-state index contributed by atoms with van der Waals surface area (Å²) in [6.45, 7) is 2.26. The summed E-state index contributed by atoms with van der Waals surface area (Å²) in [5, 5.41) is 13.9. The Morgan fingerprint density at radius 2 is 1.73 bits per heavy atom. The first-order chi connectivity index (χ1) is 16.0. The van der Waals surface area contributed by atoms with E-state index in [-0.39, 0.29) is 11.1 Å². The third-order valence-corrected chi connectivity index (χ3v) is 5.81. The molecule has 0 saturated heterocycles. The molecule has 0 radical (unpaired) electrons. The van der Waals surface area contributed by atoms with Crippen molar-refractivity contribution in [2.75, 3.05) is 14.2 Å². The molecule has 0 spiro atoms. The van der Waals surface area contributed by atoms with Crippen molar-refractivity contribution >= 4 is 28.3 Å². The van der Waals surface area contributed by atoms with Crippen molar-refractivity contribution in [3.8, 4) is 22.6 Å². The van der Waals surface area contributed by atoms with Crippen LogP contribution >= 0.6 is 11.6 Å². The van der Waals surface area contributed by atoms with Gasteiger partial charge in [-0.05, 0) is 48.4 Å². The van der Waals surface area contributed by atoms with E-state index in [9.17, 15) is 4.79 Å². The average molecular weight is 462 g/mol. The molecule has 0 atom stereocenters. The van der Waals surface area contributed by atoms with E-state index in [4.69, 9.17) is 21.1 Å². The van der Waals surface area contributed by atoms with Crippen LogP contribution in [0.1, 0.15) is 11.3 Å². The summed E-state index contributed by atoms with van der Waals surface area (Å²) >= 11 is 6.03. The highest BCUT2D eigenvalue weighted by Crippen LogP contribution is 2.30. The first-order valence-electron chi connectivity index (χ1n) is 10.2. The van der Waals surface area contributed by atoms with Crippen LogP contribution in [0, 0.1) is 6.92 Å². The number of halogens is 1. The lowest BCUT2D eigenvalue weighted by Gasteiger charge is -2.11. The quantitative estimate of drug-likeness (QED) is 0.391. The lowest BCUT2D eigenvalue weighted by molar-refractivity contribution is 0.354. The van der Waals surface area contributed by atoms with Crippen molar-refractivity contribution in [2.24, 2.45) is 0 Å². The molecule has 166 valence electrons. The molecule has 9 heteroatoms. The van der Waals surface area contributed by atoms with Gasteiger partial charge >= 0.3 is 0 Å². The van der Waals surface area contributed by atoms with Crippen LogP contribution in [0.15, 0.2) is 59.5 Å². The van der Waals surface area contributed by atoms with E-state index in [1.165, 1.54) is 0 Å². The van der Waals surface area contributed by atoms with Crippen LogP contribution in [-0.2, 0) is 6.54 Å². The number of benzene rings is 2. The Kier molecular flexibility index (Phi) is 5.22. The zero-order valence-corrected chi connectivity index (χ0v) is 19.0. The molecule has 3 heterocycles. The summed E-state index contributed by atoms with van der Waals surface area (Å²) in [7, 11) is 3.16. The van der Waals surface area contributed by atoms with Crippen LogP contribution in [0.5, 0.6) is 11.5 Å². The summed E-state index contributed by atoms with van der Waals surface area (Å²) < 4.78 is 13.9. The largest absolute Gasteiger partial charge is 0.493 e. The van der Waals surface area contributed by atoms with Gasteiger partial charge in [0.2, 0.25) is 0 Å². The smallest absolute Gasteiger partial charge is 0.280 e. The highest BCUT2D eigenvalue weighted by molar-refractivity contribution is 6.30. The monoisotopic (exact) mass is 461 g/mol. The number of methoxy groups -OCH3 is 2. The Morgan fingerprint density at radius 1 is 0.970 bits per heavy atom. The number of hydrogen-bond acceptors (Lipinski definition) is 6. The van der Waals surface area contributed by atoms with Crippen LogP contribution in [0.3, 0.4) is 0 Å². The Hall–Kier alpha value is -3.91. The summed E-state index contributed by atoms with van der Waals surface area (Å²) in [5.74, 6) is 1.23. The predicted octanol–water partition coefficient (Wildman–Crippen LogP) is 4.13. The maximum absolute atomic E-state index is 13.2. The molecule has 0 aliphatic heterocycles. The normalized spacial score (nSPS) is 11.3. The predicted molar refractivity (Wildman–Crippen MR) is 126 cm³/mol. The van der Waals surface area contributed by atoms with Crippen molar-refractivity contribution in [1.29, 1.82) is 0 Å². The second kappa shape index (κ2) is 8.22. The number of aryl methyl sites for hydroxylation is 1. The van der Waals surface area contributed by atoms with Gasteiger partial charge in [0.1, 0.15) is 5.52 Å². The van der Waals surface area contributed by atoms with Gasteiger partial charge in [0.25, 0.3) is 5.56 Å². The zero-order chi connectivity index (χ0) is 23.1. The summed E-state index contributed by atoms with van der Waals surface area (Å²) in [6, 6.07) is 14.9. The van der Waals surface area contributed by atoms with E-state index in [0.29, 0.717) is 34.2 Å². The fourth-order valence-corrected chi connectivity index (χ4v) is 4.07. The first-order valence-corrected chi connectivity index (χ1v) is 10.6. The van der Waals surface area contributed by atoms with Crippen LogP contribution in [0.2, 0.25) is 5.02 Å². The molecule has 33 heavy (non-hydrogen) atoms. The molecule has 0 fully saturated rings. The fraction of sp³-hybridized carbons (Fsp3) is 0.167. The van der Waals surface area contributed by atoms with E-state index < -0.39 is 0 Å². The highest BCUT2D eigenvalue weighted by atomic mass is 35.5. The highest BCUT2D eigenvalue weighted by Gasteiger charge is 2.17. The number of hydrogen-bond donors (Lipinski definition) is 0. The molecule has 0 aliphatic rings. The van der Waals surface area contributed by atoms with Gasteiger partial charge < -0.3 is 14.0 Å². The van der Waals surface area contributed by atoms with Crippen LogP contribution in [0.25, 0.3) is 27.8 Å². The first kappa shape index (κ1) is 21.0. The summed E-state index contributed by atoms with van der Waals surface area (Å²) in [6.07, 6.45) is 1.74. The lowest BCUT2D eigenvalue weighted by atomic mass is 10.1.